The minimum absolute atomic E-state index is 0.0462. The summed E-state index contributed by atoms with van der Waals surface area (Å²) in [6, 6.07) is 12.6. The Labute approximate surface area is 146 Å². The van der Waals surface area contributed by atoms with Crippen molar-refractivity contribution < 1.29 is 23.0 Å². The Bertz CT molecular complexity index is 747. The van der Waals surface area contributed by atoms with Crippen LogP contribution in [0, 0.1) is 0 Å². The number of sulfonamides is 1. The zero-order valence-corrected chi connectivity index (χ0v) is 14.5. The van der Waals surface area contributed by atoms with Gasteiger partial charge in [0.1, 0.15) is 24.2 Å². The highest BCUT2D eigenvalue weighted by molar-refractivity contribution is 7.89. The van der Waals surface area contributed by atoms with Crippen LogP contribution in [0.5, 0.6) is 11.5 Å². The Kier molecular flexibility index (Phi) is 6.44. The molecule has 0 heterocycles. The van der Waals surface area contributed by atoms with Crippen LogP contribution in [0.1, 0.15) is 0 Å². The van der Waals surface area contributed by atoms with E-state index in [1.165, 1.54) is 24.3 Å². The van der Waals surface area contributed by atoms with Crippen molar-refractivity contribution in [3.8, 4) is 11.5 Å². The van der Waals surface area contributed by atoms with Crippen LogP contribution < -0.4 is 14.2 Å². The number of hydrogen-bond acceptors (Lipinski definition) is 5. The lowest BCUT2D eigenvalue weighted by Crippen LogP contribution is -2.35. The number of ether oxygens (including phenoxy) is 2. The monoisotopic (exact) mass is 371 g/mol. The van der Waals surface area contributed by atoms with Crippen LogP contribution in [0.3, 0.4) is 0 Å². The Morgan fingerprint density at radius 3 is 2.25 bits per heavy atom. The summed E-state index contributed by atoms with van der Waals surface area (Å²) in [6.07, 6.45) is -0.992. The number of aliphatic hydroxyl groups excluding tert-OH is 1. The first-order chi connectivity index (χ1) is 11.4. The van der Waals surface area contributed by atoms with E-state index in [1.54, 1.807) is 31.4 Å². The van der Waals surface area contributed by atoms with E-state index in [1.807, 2.05) is 0 Å². The van der Waals surface area contributed by atoms with Gasteiger partial charge in [0, 0.05) is 11.6 Å². The maximum absolute atomic E-state index is 12.1. The summed E-state index contributed by atoms with van der Waals surface area (Å²) in [7, 11) is -2.14. The number of rotatable bonds is 8. The molecule has 0 aromatic heterocycles. The van der Waals surface area contributed by atoms with E-state index in [0.717, 1.165) is 0 Å². The number of halogens is 1. The summed E-state index contributed by atoms with van der Waals surface area (Å²) in [4.78, 5) is 0.0789. The van der Waals surface area contributed by atoms with Gasteiger partial charge < -0.3 is 14.6 Å². The lowest BCUT2D eigenvalue weighted by atomic mass is 10.3. The van der Waals surface area contributed by atoms with E-state index >= 15 is 0 Å². The number of benzene rings is 2. The highest BCUT2D eigenvalue weighted by Crippen LogP contribution is 2.17. The van der Waals surface area contributed by atoms with Gasteiger partial charge in [-0.15, -0.1) is 0 Å². The number of nitrogens with one attached hydrogen (secondary N) is 1. The fourth-order valence-corrected chi connectivity index (χ4v) is 3.03. The van der Waals surface area contributed by atoms with Crippen LogP contribution in [0.15, 0.2) is 53.4 Å². The molecule has 2 aromatic carbocycles. The molecule has 1 unspecified atom stereocenters. The maximum atomic E-state index is 12.1. The largest absolute Gasteiger partial charge is 0.497 e. The molecule has 2 N–H and O–H groups in total. The summed E-state index contributed by atoms with van der Waals surface area (Å²) < 4.78 is 36.9. The molecule has 2 aromatic rings. The predicted octanol–water partition coefficient (Wildman–Crippen LogP) is 2.07. The summed E-state index contributed by atoms with van der Waals surface area (Å²) in [5.74, 6) is 1.24. The lowest BCUT2D eigenvalue weighted by molar-refractivity contribution is 0.111. The molecule has 6 nitrogen and oxygen atoms in total. The van der Waals surface area contributed by atoms with Crippen LogP contribution in [0.4, 0.5) is 0 Å². The number of methoxy groups -OCH3 is 1. The van der Waals surface area contributed by atoms with Gasteiger partial charge in [-0.3, -0.25) is 0 Å². The topological polar surface area (TPSA) is 84.9 Å². The van der Waals surface area contributed by atoms with Crippen molar-refractivity contribution in [3.05, 3.63) is 53.6 Å². The Balaban J connectivity index is 1.83. The number of aliphatic hydroxyl groups is 1. The summed E-state index contributed by atoms with van der Waals surface area (Å²) >= 11 is 5.73. The predicted molar refractivity (Wildman–Crippen MR) is 91.1 cm³/mol. The third-order valence-corrected chi connectivity index (χ3v) is 4.83. The molecule has 8 heteroatoms. The van der Waals surface area contributed by atoms with Gasteiger partial charge in [0.25, 0.3) is 0 Å². The molecule has 0 aliphatic heterocycles. The van der Waals surface area contributed by atoms with Gasteiger partial charge in [0.2, 0.25) is 10.0 Å². The highest BCUT2D eigenvalue weighted by Gasteiger charge is 2.16. The van der Waals surface area contributed by atoms with Crippen molar-refractivity contribution in [2.75, 3.05) is 20.3 Å². The van der Waals surface area contributed by atoms with Crippen LogP contribution >= 0.6 is 11.6 Å². The number of hydrogen-bond donors (Lipinski definition) is 2. The van der Waals surface area contributed by atoms with Gasteiger partial charge in [0.05, 0.1) is 12.0 Å². The van der Waals surface area contributed by atoms with E-state index in [4.69, 9.17) is 21.1 Å². The zero-order valence-electron chi connectivity index (χ0n) is 13.0. The van der Waals surface area contributed by atoms with E-state index in [-0.39, 0.29) is 18.0 Å². The van der Waals surface area contributed by atoms with Crippen LogP contribution in [0.25, 0.3) is 0 Å². The van der Waals surface area contributed by atoms with Gasteiger partial charge in [-0.05, 0) is 48.5 Å². The standard InChI is InChI=1S/C16H18ClNO5S/c1-22-14-4-6-15(7-5-14)23-11-13(19)10-18-24(20,21)16-8-2-12(17)3-9-16/h2-9,13,18-19H,10-11H2,1H3. The Morgan fingerprint density at radius 2 is 1.67 bits per heavy atom. The van der Waals surface area contributed by atoms with Gasteiger partial charge in [-0.25, -0.2) is 13.1 Å². The fraction of sp³-hybridized carbons (Fsp3) is 0.250. The van der Waals surface area contributed by atoms with Gasteiger partial charge in [0.15, 0.2) is 0 Å². The average molecular weight is 372 g/mol. The SMILES string of the molecule is COc1ccc(OCC(O)CNS(=O)(=O)c2ccc(Cl)cc2)cc1. The highest BCUT2D eigenvalue weighted by atomic mass is 35.5. The molecular formula is C16H18ClNO5S. The molecule has 0 amide bonds. The molecule has 0 fully saturated rings. The average Bonchev–Trinajstić information content (AvgIpc) is 2.59. The van der Waals surface area contributed by atoms with E-state index < -0.39 is 16.1 Å². The first-order valence-corrected chi connectivity index (χ1v) is 8.97. The third kappa shape index (κ3) is 5.38. The molecule has 2 rings (SSSR count). The second kappa shape index (κ2) is 8.34. The van der Waals surface area contributed by atoms with Crippen molar-refractivity contribution in [2.24, 2.45) is 0 Å². The summed E-state index contributed by atoms with van der Waals surface area (Å²) in [6.45, 7) is -0.212. The molecule has 0 radical (unpaired) electrons. The van der Waals surface area contributed by atoms with Crippen LogP contribution in [-0.4, -0.2) is 39.9 Å². The fourth-order valence-electron chi connectivity index (χ4n) is 1.83. The molecule has 0 spiro atoms. The van der Waals surface area contributed by atoms with Gasteiger partial charge in [-0.2, -0.15) is 0 Å². The summed E-state index contributed by atoms with van der Waals surface area (Å²) in [5, 5.41) is 10.3. The van der Waals surface area contributed by atoms with Crippen molar-refractivity contribution in [1.82, 2.24) is 4.72 Å². The molecule has 24 heavy (non-hydrogen) atoms. The quantitative estimate of drug-likeness (QED) is 0.742. The second-order valence-electron chi connectivity index (χ2n) is 4.95. The minimum atomic E-state index is -3.70. The molecule has 0 bridgehead atoms. The first kappa shape index (κ1) is 18.5. The van der Waals surface area contributed by atoms with Gasteiger partial charge in [-0.1, -0.05) is 11.6 Å². The Hall–Kier alpha value is -1.80. The van der Waals surface area contributed by atoms with Crippen molar-refractivity contribution in [2.45, 2.75) is 11.0 Å². The molecule has 0 aliphatic rings. The lowest BCUT2D eigenvalue weighted by Gasteiger charge is -2.14. The minimum Gasteiger partial charge on any atom is -0.497 e. The van der Waals surface area contributed by atoms with E-state index in [0.29, 0.717) is 16.5 Å². The molecule has 0 saturated heterocycles. The molecular weight excluding hydrogens is 354 g/mol. The smallest absolute Gasteiger partial charge is 0.240 e. The van der Waals surface area contributed by atoms with Crippen LogP contribution in [0.2, 0.25) is 5.02 Å². The molecule has 0 saturated carbocycles. The van der Waals surface area contributed by atoms with Gasteiger partial charge >= 0.3 is 0 Å². The Morgan fingerprint density at radius 1 is 1.08 bits per heavy atom. The van der Waals surface area contributed by atoms with Crippen molar-refractivity contribution in [3.63, 3.8) is 0 Å². The van der Waals surface area contributed by atoms with Crippen molar-refractivity contribution in [1.29, 1.82) is 0 Å². The van der Waals surface area contributed by atoms with E-state index in [9.17, 15) is 13.5 Å². The maximum Gasteiger partial charge on any atom is 0.240 e. The third-order valence-electron chi connectivity index (χ3n) is 3.13. The van der Waals surface area contributed by atoms with Crippen LogP contribution in [-0.2, 0) is 10.0 Å². The zero-order chi connectivity index (χ0) is 17.6. The first-order valence-electron chi connectivity index (χ1n) is 7.11. The van der Waals surface area contributed by atoms with E-state index in [2.05, 4.69) is 4.72 Å². The normalized spacial score (nSPS) is 12.6. The molecule has 0 aliphatic carbocycles. The van der Waals surface area contributed by atoms with Crippen molar-refractivity contribution >= 4 is 21.6 Å². The summed E-state index contributed by atoms with van der Waals surface area (Å²) in [5.41, 5.74) is 0. The second-order valence-corrected chi connectivity index (χ2v) is 7.15. The molecule has 130 valence electrons. The molecule has 1 atom stereocenters.